The molecular weight excluding hydrogens is 334 g/mol. The van der Waals surface area contributed by atoms with Crippen LogP contribution in [0.15, 0.2) is 59.5 Å². The first kappa shape index (κ1) is 19.2. The number of amides is 1. The molecule has 1 unspecified atom stereocenters. The molecule has 3 atom stereocenters. The van der Waals surface area contributed by atoms with Crippen LogP contribution in [0.25, 0.3) is 0 Å². The summed E-state index contributed by atoms with van der Waals surface area (Å²) in [5, 5.41) is 2.63. The summed E-state index contributed by atoms with van der Waals surface area (Å²) in [6, 6.07) is 17.0. The molecule has 0 aliphatic rings. The molecule has 4 nitrogen and oxygen atoms in total. The number of benzene rings is 2. The van der Waals surface area contributed by atoms with E-state index in [4.69, 9.17) is 4.74 Å². The Morgan fingerprint density at radius 2 is 1.76 bits per heavy atom. The van der Waals surface area contributed by atoms with E-state index in [9.17, 15) is 9.00 Å². The average molecular weight is 359 g/mol. The molecule has 0 heterocycles. The van der Waals surface area contributed by atoms with E-state index in [2.05, 4.69) is 5.32 Å². The van der Waals surface area contributed by atoms with Crippen LogP contribution in [0.2, 0.25) is 0 Å². The number of hydrogen-bond acceptors (Lipinski definition) is 3. The molecule has 0 aliphatic carbocycles. The van der Waals surface area contributed by atoms with Crippen molar-refractivity contribution in [2.24, 2.45) is 0 Å². The van der Waals surface area contributed by atoms with E-state index >= 15 is 0 Å². The molecular formula is C20H25NO3S. The van der Waals surface area contributed by atoms with Crippen LogP contribution in [0.3, 0.4) is 0 Å². The highest BCUT2D eigenvalue weighted by Crippen LogP contribution is 2.16. The summed E-state index contributed by atoms with van der Waals surface area (Å²) in [7, 11) is -1.19. The van der Waals surface area contributed by atoms with Gasteiger partial charge in [0.1, 0.15) is 6.61 Å². The van der Waals surface area contributed by atoms with Gasteiger partial charge in [-0.15, -0.1) is 0 Å². The van der Waals surface area contributed by atoms with Gasteiger partial charge in [0.05, 0.1) is 16.0 Å². The third-order valence-corrected chi connectivity index (χ3v) is 5.85. The third kappa shape index (κ3) is 5.71. The van der Waals surface area contributed by atoms with Gasteiger partial charge >= 0.3 is 6.09 Å². The molecule has 2 rings (SSSR count). The lowest BCUT2D eigenvalue weighted by molar-refractivity contribution is 0.135. The molecule has 1 amide bonds. The topological polar surface area (TPSA) is 55.4 Å². The molecule has 25 heavy (non-hydrogen) atoms. The Bertz CT molecular complexity index is 701. The van der Waals surface area contributed by atoms with Crippen LogP contribution in [-0.4, -0.2) is 21.6 Å². The van der Waals surface area contributed by atoms with Gasteiger partial charge in [-0.05, 0) is 38.0 Å². The highest BCUT2D eigenvalue weighted by Gasteiger charge is 2.24. The molecule has 0 fully saturated rings. The van der Waals surface area contributed by atoms with Crippen molar-refractivity contribution in [1.82, 2.24) is 5.32 Å². The molecule has 0 bridgehead atoms. The quantitative estimate of drug-likeness (QED) is 0.806. The normalized spacial score (nSPS) is 14.4. The van der Waals surface area contributed by atoms with Crippen LogP contribution in [0.4, 0.5) is 4.79 Å². The van der Waals surface area contributed by atoms with Crippen molar-refractivity contribution < 1.29 is 13.7 Å². The number of nitrogens with one attached hydrogen (secondary N) is 1. The van der Waals surface area contributed by atoms with E-state index in [1.807, 2.05) is 75.4 Å². The Morgan fingerprint density at radius 3 is 2.36 bits per heavy atom. The predicted molar refractivity (Wildman–Crippen MR) is 101 cm³/mol. The number of ether oxygens (including phenoxy) is 1. The Labute approximate surface area is 152 Å². The molecule has 2 aromatic carbocycles. The molecule has 0 saturated heterocycles. The van der Waals surface area contributed by atoms with Crippen molar-refractivity contribution in [3.63, 3.8) is 0 Å². The van der Waals surface area contributed by atoms with Gasteiger partial charge < -0.3 is 10.1 Å². The average Bonchev–Trinajstić information content (AvgIpc) is 2.64. The molecule has 0 saturated carbocycles. The fourth-order valence-corrected chi connectivity index (χ4v) is 3.90. The van der Waals surface area contributed by atoms with Crippen LogP contribution < -0.4 is 5.32 Å². The van der Waals surface area contributed by atoms with E-state index in [1.54, 1.807) is 0 Å². The first-order chi connectivity index (χ1) is 12.0. The summed E-state index contributed by atoms with van der Waals surface area (Å²) in [4.78, 5) is 12.8. The molecule has 5 heteroatoms. The molecule has 0 spiro atoms. The summed E-state index contributed by atoms with van der Waals surface area (Å²) in [5.74, 6) is 0. The highest BCUT2D eigenvalue weighted by molar-refractivity contribution is 7.85. The standard InChI is InChI=1S/C20H25NO3S/c1-4-19(16(3)25(23)18-12-10-15(2)11-13-18)21-20(22)24-14-17-8-6-5-7-9-17/h5-13,16,19H,4,14H2,1-3H3,(H,21,22)/t16-,19-,25?/m1/s1. The van der Waals surface area contributed by atoms with Crippen molar-refractivity contribution >= 4 is 16.9 Å². The van der Waals surface area contributed by atoms with Gasteiger partial charge in [-0.1, -0.05) is 55.0 Å². The maximum absolute atomic E-state index is 12.7. The molecule has 1 N–H and O–H groups in total. The van der Waals surface area contributed by atoms with Crippen LogP contribution in [-0.2, 0) is 22.1 Å². The van der Waals surface area contributed by atoms with Crippen molar-refractivity contribution in [1.29, 1.82) is 0 Å². The van der Waals surface area contributed by atoms with Crippen LogP contribution in [0.5, 0.6) is 0 Å². The van der Waals surface area contributed by atoms with Crippen LogP contribution in [0.1, 0.15) is 31.4 Å². The second-order valence-electron chi connectivity index (χ2n) is 6.04. The first-order valence-corrected chi connectivity index (χ1v) is 9.67. The minimum atomic E-state index is -1.19. The third-order valence-electron chi connectivity index (χ3n) is 4.11. The predicted octanol–water partition coefficient (Wildman–Crippen LogP) is 4.20. The van der Waals surface area contributed by atoms with Crippen molar-refractivity contribution in [3.05, 3.63) is 65.7 Å². The van der Waals surface area contributed by atoms with Gasteiger partial charge in [0.2, 0.25) is 0 Å². The maximum atomic E-state index is 12.7. The van der Waals surface area contributed by atoms with Gasteiger partial charge in [0, 0.05) is 10.9 Å². The second kappa shape index (κ2) is 9.37. The first-order valence-electron chi connectivity index (χ1n) is 8.45. The maximum Gasteiger partial charge on any atom is 0.407 e. The molecule has 0 aliphatic heterocycles. The summed E-state index contributed by atoms with van der Waals surface area (Å²) >= 11 is 0. The fraction of sp³-hybridized carbons (Fsp3) is 0.350. The molecule has 2 aromatic rings. The van der Waals surface area contributed by atoms with Gasteiger partial charge in [0.15, 0.2) is 0 Å². The SMILES string of the molecule is CC[C@@H](NC(=O)OCc1ccccc1)[C@@H](C)S(=O)c1ccc(C)cc1. The monoisotopic (exact) mass is 359 g/mol. The zero-order valence-electron chi connectivity index (χ0n) is 14.9. The summed E-state index contributed by atoms with van der Waals surface area (Å²) in [5.41, 5.74) is 2.06. The van der Waals surface area contributed by atoms with Crippen molar-refractivity contribution in [2.45, 2.75) is 50.0 Å². The van der Waals surface area contributed by atoms with E-state index in [0.29, 0.717) is 6.42 Å². The van der Waals surface area contributed by atoms with E-state index in [1.165, 1.54) is 0 Å². The van der Waals surface area contributed by atoms with Crippen molar-refractivity contribution in [3.8, 4) is 0 Å². The lowest BCUT2D eigenvalue weighted by Gasteiger charge is -2.23. The Morgan fingerprint density at radius 1 is 1.12 bits per heavy atom. The second-order valence-corrected chi connectivity index (χ2v) is 7.85. The number of hydrogen-bond donors (Lipinski definition) is 1. The number of carbonyl (C=O) groups is 1. The van der Waals surface area contributed by atoms with Crippen LogP contribution in [0, 0.1) is 6.92 Å². The van der Waals surface area contributed by atoms with Gasteiger partial charge in [-0.3, -0.25) is 4.21 Å². The molecule has 134 valence electrons. The van der Waals surface area contributed by atoms with E-state index < -0.39 is 16.9 Å². The number of alkyl carbamates (subject to hydrolysis) is 1. The molecule has 0 aromatic heterocycles. The smallest absolute Gasteiger partial charge is 0.407 e. The fourth-order valence-electron chi connectivity index (χ4n) is 2.50. The number of carbonyl (C=O) groups excluding carboxylic acids is 1. The minimum Gasteiger partial charge on any atom is -0.445 e. The largest absolute Gasteiger partial charge is 0.445 e. The zero-order chi connectivity index (χ0) is 18.2. The summed E-state index contributed by atoms with van der Waals surface area (Å²) < 4.78 is 18.0. The van der Waals surface area contributed by atoms with Crippen molar-refractivity contribution in [2.75, 3.05) is 0 Å². The van der Waals surface area contributed by atoms with Gasteiger partial charge in [-0.2, -0.15) is 0 Å². The van der Waals surface area contributed by atoms with Gasteiger partial charge in [0.25, 0.3) is 0 Å². The Balaban J connectivity index is 1.92. The lowest BCUT2D eigenvalue weighted by atomic mass is 10.2. The van der Waals surface area contributed by atoms with E-state index in [-0.39, 0.29) is 17.9 Å². The number of rotatable bonds is 7. The minimum absolute atomic E-state index is 0.211. The van der Waals surface area contributed by atoms with Gasteiger partial charge in [-0.25, -0.2) is 4.79 Å². The Kier molecular flexibility index (Phi) is 7.19. The molecule has 0 radical (unpaired) electrons. The highest BCUT2D eigenvalue weighted by atomic mass is 32.2. The lowest BCUT2D eigenvalue weighted by Crippen LogP contribution is -2.43. The number of aryl methyl sites for hydroxylation is 1. The summed E-state index contributed by atoms with van der Waals surface area (Å²) in [6.45, 7) is 6.07. The van der Waals surface area contributed by atoms with Crippen LogP contribution >= 0.6 is 0 Å². The summed E-state index contributed by atoms with van der Waals surface area (Å²) in [6.07, 6.45) is 0.197. The zero-order valence-corrected chi connectivity index (χ0v) is 15.7. The Hall–Kier alpha value is -2.14. The van der Waals surface area contributed by atoms with E-state index in [0.717, 1.165) is 16.0 Å².